The van der Waals surface area contributed by atoms with E-state index in [1.807, 2.05) is 25.1 Å². The Morgan fingerprint density at radius 1 is 1.30 bits per heavy atom. The number of hydrogen-bond donors (Lipinski definition) is 1. The molecule has 1 N–H and O–H groups in total. The molecule has 0 saturated heterocycles. The summed E-state index contributed by atoms with van der Waals surface area (Å²) in [5.41, 5.74) is 2.33. The van der Waals surface area contributed by atoms with Gasteiger partial charge in [-0.2, -0.15) is 0 Å². The number of methoxy groups -OCH3 is 1. The standard InChI is InChI=1S/C16H19NO3/c1-4-12-7-5-6-8-13(12)17-11(2)14-9-10-15(20-14)16(18)19-3/h5-11,17H,4H2,1-3H3. The van der Waals surface area contributed by atoms with Crippen molar-refractivity contribution in [3.63, 3.8) is 0 Å². The topological polar surface area (TPSA) is 51.5 Å². The Bertz CT molecular complexity index is 589. The van der Waals surface area contributed by atoms with Gasteiger partial charge in [-0.15, -0.1) is 0 Å². The summed E-state index contributed by atoms with van der Waals surface area (Å²) in [5, 5.41) is 3.40. The molecule has 0 aliphatic rings. The van der Waals surface area contributed by atoms with E-state index in [0.717, 1.165) is 12.1 Å². The molecule has 0 radical (unpaired) electrons. The number of esters is 1. The number of ether oxygens (including phenoxy) is 1. The molecule has 106 valence electrons. The highest BCUT2D eigenvalue weighted by molar-refractivity contribution is 5.86. The van der Waals surface area contributed by atoms with Crippen molar-refractivity contribution >= 4 is 11.7 Å². The third-order valence-electron chi connectivity index (χ3n) is 3.21. The molecule has 1 unspecified atom stereocenters. The summed E-state index contributed by atoms with van der Waals surface area (Å²) in [4.78, 5) is 11.4. The Labute approximate surface area is 118 Å². The second kappa shape index (κ2) is 6.28. The Balaban J connectivity index is 2.13. The highest BCUT2D eigenvalue weighted by Crippen LogP contribution is 2.24. The van der Waals surface area contributed by atoms with Gasteiger partial charge < -0.3 is 14.5 Å². The number of carbonyl (C=O) groups excluding carboxylic acids is 1. The lowest BCUT2D eigenvalue weighted by Gasteiger charge is -2.15. The van der Waals surface area contributed by atoms with Crippen LogP contribution in [-0.4, -0.2) is 13.1 Å². The van der Waals surface area contributed by atoms with Crippen molar-refractivity contribution in [2.75, 3.05) is 12.4 Å². The molecule has 0 saturated carbocycles. The summed E-state index contributed by atoms with van der Waals surface area (Å²) in [6.45, 7) is 4.11. The summed E-state index contributed by atoms with van der Waals surface area (Å²) < 4.78 is 10.1. The Kier molecular flexibility index (Phi) is 4.45. The number of furan rings is 1. The minimum Gasteiger partial charge on any atom is -0.463 e. The molecule has 1 heterocycles. The predicted molar refractivity (Wildman–Crippen MR) is 77.9 cm³/mol. The van der Waals surface area contributed by atoms with Crippen LogP contribution in [0.1, 0.15) is 41.8 Å². The number of anilines is 1. The first kappa shape index (κ1) is 14.2. The lowest BCUT2D eigenvalue weighted by Crippen LogP contribution is -2.07. The first-order valence-electron chi connectivity index (χ1n) is 6.68. The van der Waals surface area contributed by atoms with Crippen molar-refractivity contribution in [3.05, 3.63) is 53.5 Å². The molecule has 1 atom stereocenters. The quantitative estimate of drug-likeness (QED) is 0.842. The summed E-state index contributed by atoms with van der Waals surface area (Å²) >= 11 is 0. The van der Waals surface area contributed by atoms with Crippen LogP contribution < -0.4 is 5.32 Å². The van der Waals surface area contributed by atoms with Crippen LogP contribution in [0, 0.1) is 0 Å². The monoisotopic (exact) mass is 273 g/mol. The van der Waals surface area contributed by atoms with Crippen molar-refractivity contribution in [1.82, 2.24) is 0 Å². The molecule has 1 aromatic carbocycles. The van der Waals surface area contributed by atoms with Crippen LogP contribution in [-0.2, 0) is 11.2 Å². The lowest BCUT2D eigenvalue weighted by molar-refractivity contribution is 0.0562. The maximum Gasteiger partial charge on any atom is 0.373 e. The fourth-order valence-corrected chi connectivity index (χ4v) is 2.07. The van der Waals surface area contributed by atoms with Gasteiger partial charge in [-0.3, -0.25) is 0 Å². The smallest absolute Gasteiger partial charge is 0.373 e. The number of carbonyl (C=O) groups is 1. The highest BCUT2D eigenvalue weighted by atomic mass is 16.5. The van der Waals surface area contributed by atoms with Gasteiger partial charge in [-0.1, -0.05) is 25.1 Å². The zero-order valence-corrected chi connectivity index (χ0v) is 12.0. The molecular weight excluding hydrogens is 254 g/mol. The Hall–Kier alpha value is -2.23. The van der Waals surface area contributed by atoms with E-state index in [9.17, 15) is 4.79 Å². The summed E-state index contributed by atoms with van der Waals surface area (Å²) in [5.74, 6) is 0.466. The second-order valence-electron chi connectivity index (χ2n) is 4.57. The van der Waals surface area contributed by atoms with Gasteiger partial charge >= 0.3 is 5.97 Å². The van der Waals surface area contributed by atoms with Gasteiger partial charge in [0, 0.05) is 5.69 Å². The van der Waals surface area contributed by atoms with Gasteiger partial charge in [0.05, 0.1) is 13.2 Å². The maximum atomic E-state index is 11.4. The van der Waals surface area contributed by atoms with E-state index in [0.29, 0.717) is 5.76 Å². The first-order valence-corrected chi connectivity index (χ1v) is 6.68. The number of aryl methyl sites for hydroxylation is 1. The number of rotatable bonds is 5. The predicted octanol–water partition coefficient (Wildman–Crippen LogP) is 3.80. The highest BCUT2D eigenvalue weighted by Gasteiger charge is 2.15. The second-order valence-corrected chi connectivity index (χ2v) is 4.57. The van der Waals surface area contributed by atoms with Crippen LogP contribution in [0.4, 0.5) is 5.69 Å². The molecule has 2 rings (SSSR count). The van der Waals surface area contributed by atoms with Gasteiger partial charge in [0.2, 0.25) is 5.76 Å². The molecular formula is C16H19NO3. The molecule has 4 heteroatoms. The maximum absolute atomic E-state index is 11.4. The van der Waals surface area contributed by atoms with Crippen LogP contribution in [0.5, 0.6) is 0 Å². The van der Waals surface area contributed by atoms with Crippen molar-refractivity contribution < 1.29 is 13.9 Å². The van der Waals surface area contributed by atoms with Crippen molar-refractivity contribution in [2.24, 2.45) is 0 Å². The van der Waals surface area contributed by atoms with Crippen LogP contribution in [0.15, 0.2) is 40.8 Å². The number of benzene rings is 1. The lowest BCUT2D eigenvalue weighted by atomic mass is 10.1. The molecule has 0 amide bonds. The third kappa shape index (κ3) is 3.02. The summed E-state index contributed by atoms with van der Waals surface area (Å²) in [6.07, 6.45) is 0.960. The molecule has 20 heavy (non-hydrogen) atoms. The van der Waals surface area contributed by atoms with E-state index < -0.39 is 5.97 Å². The van der Waals surface area contributed by atoms with Crippen LogP contribution in [0.2, 0.25) is 0 Å². The zero-order chi connectivity index (χ0) is 14.5. The number of hydrogen-bond acceptors (Lipinski definition) is 4. The average Bonchev–Trinajstić information content (AvgIpc) is 2.97. The molecule has 0 bridgehead atoms. The number of nitrogens with one attached hydrogen (secondary N) is 1. The van der Waals surface area contributed by atoms with E-state index >= 15 is 0 Å². The Morgan fingerprint density at radius 2 is 2.05 bits per heavy atom. The van der Waals surface area contributed by atoms with Crippen molar-refractivity contribution in [1.29, 1.82) is 0 Å². The van der Waals surface area contributed by atoms with Crippen LogP contribution in [0.3, 0.4) is 0 Å². The van der Waals surface area contributed by atoms with E-state index in [2.05, 4.69) is 23.0 Å². The first-order chi connectivity index (χ1) is 9.65. The van der Waals surface area contributed by atoms with Crippen LogP contribution in [0.25, 0.3) is 0 Å². The van der Waals surface area contributed by atoms with Crippen molar-refractivity contribution in [3.8, 4) is 0 Å². The van der Waals surface area contributed by atoms with Gasteiger partial charge in [-0.05, 0) is 37.1 Å². The fourth-order valence-electron chi connectivity index (χ4n) is 2.07. The fraction of sp³-hybridized carbons (Fsp3) is 0.312. The minimum atomic E-state index is -0.461. The van der Waals surface area contributed by atoms with Crippen molar-refractivity contribution in [2.45, 2.75) is 26.3 Å². The average molecular weight is 273 g/mol. The van der Waals surface area contributed by atoms with E-state index in [-0.39, 0.29) is 11.8 Å². The summed E-state index contributed by atoms with van der Waals surface area (Å²) in [6, 6.07) is 11.5. The van der Waals surface area contributed by atoms with E-state index in [1.54, 1.807) is 12.1 Å². The van der Waals surface area contributed by atoms with Gasteiger partial charge in [0.15, 0.2) is 0 Å². The molecule has 1 aromatic heterocycles. The van der Waals surface area contributed by atoms with Crippen LogP contribution >= 0.6 is 0 Å². The SMILES string of the molecule is CCc1ccccc1NC(C)c1ccc(C(=O)OC)o1. The Morgan fingerprint density at radius 3 is 2.75 bits per heavy atom. The van der Waals surface area contributed by atoms with E-state index in [1.165, 1.54) is 12.7 Å². The largest absolute Gasteiger partial charge is 0.463 e. The normalized spacial score (nSPS) is 11.9. The zero-order valence-electron chi connectivity index (χ0n) is 12.0. The molecule has 4 nitrogen and oxygen atoms in total. The molecule has 0 fully saturated rings. The van der Waals surface area contributed by atoms with Gasteiger partial charge in [0.25, 0.3) is 0 Å². The summed E-state index contributed by atoms with van der Waals surface area (Å²) in [7, 11) is 1.34. The molecule has 0 aliphatic carbocycles. The molecule has 2 aromatic rings. The molecule has 0 spiro atoms. The third-order valence-corrected chi connectivity index (χ3v) is 3.21. The van der Waals surface area contributed by atoms with E-state index in [4.69, 9.17) is 4.42 Å². The number of para-hydroxylation sites is 1. The van der Waals surface area contributed by atoms with Gasteiger partial charge in [0.1, 0.15) is 5.76 Å². The van der Waals surface area contributed by atoms with Gasteiger partial charge in [-0.25, -0.2) is 4.79 Å². The minimum absolute atomic E-state index is 0.0268. The molecule has 0 aliphatic heterocycles.